The van der Waals surface area contributed by atoms with Crippen LogP contribution >= 0.6 is 11.6 Å². The standard InChI is InChI=1S/C12H10ClN3O2/c13-8-5-7-3-4-16(11(7)14-6-8)9-1-2-10(17)15-12(9)18/h3-6,9H,1-2H2,(H,15,17,18). The molecule has 3 rings (SSSR count). The highest BCUT2D eigenvalue weighted by Crippen LogP contribution is 2.25. The number of hydrogen-bond donors (Lipinski definition) is 1. The normalized spacial score (nSPS) is 20.2. The molecule has 6 heteroatoms. The molecule has 2 amide bonds. The Bertz CT molecular complexity index is 650. The van der Waals surface area contributed by atoms with Crippen molar-refractivity contribution in [2.24, 2.45) is 0 Å². The lowest BCUT2D eigenvalue weighted by atomic mass is 10.1. The molecule has 1 atom stereocenters. The van der Waals surface area contributed by atoms with Crippen LogP contribution in [0.2, 0.25) is 5.02 Å². The van der Waals surface area contributed by atoms with Gasteiger partial charge >= 0.3 is 0 Å². The third-order valence-corrected chi connectivity index (χ3v) is 3.27. The Morgan fingerprint density at radius 1 is 1.44 bits per heavy atom. The molecule has 0 aromatic carbocycles. The summed E-state index contributed by atoms with van der Waals surface area (Å²) >= 11 is 5.87. The Morgan fingerprint density at radius 2 is 2.28 bits per heavy atom. The van der Waals surface area contributed by atoms with Crippen molar-refractivity contribution in [1.29, 1.82) is 0 Å². The number of aromatic nitrogens is 2. The summed E-state index contributed by atoms with van der Waals surface area (Å²) in [6.45, 7) is 0. The molecule has 18 heavy (non-hydrogen) atoms. The zero-order valence-corrected chi connectivity index (χ0v) is 10.1. The number of carbonyl (C=O) groups is 2. The summed E-state index contributed by atoms with van der Waals surface area (Å²) < 4.78 is 1.79. The van der Waals surface area contributed by atoms with Crippen LogP contribution < -0.4 is 5.32 Å². The largest absolute Gasteiger partial charge is 0.320 e. The maximum Gasteiger partial charge on any atom is 0.249 e. The first kappa shape index (κ1) is 11.2. The first-order valence-electron chi connectivity index (χ1n) is 5.61. The Morgan fingerprint density at radius 3 is 3.06 bits per heavy atom. The molecule has 2 aromatic heterocycles. The van der Waals surface area contributed by atoms with Crippen molar-refractivity contribution in [2.75, 3.05) is 0 Å². The average Bonchev–Trinajstić information content (AvgIpc) is 2.72. The average molecular weight is 264 g/mol. The van der Waals surface area contributed by atoms with Crippen molar-refractivity contribution in [1.82, 2.24) is 14.9 Å². The van der Waals surface area contributed by atoms with Crippen LogP contribution in [0.5, 0.6) is 0 Å². The van der Waals surface area contributed by atoms with Crippen LogP contribution in [0.1, 0.15) is 18.9 Å². The fraction of sp³-hybridized carbons (Fsp3) is 0.250. The fourth-order valence-electron chi connectivity index (χ4n) is 2.22. The van der Waals surface area contributed by atoms with Crippen molar-refractivity contribution >= 4 is 34.4 Å². The van der Waals surface area contributed by atoms with Gasteiger partial charge in [-0.05, 0) is 18.6 Å². The molecule has 2 aromatic rings. The van der Waals surface area contributed by atoms with Crippen molar-refractivity contribution in [3.8, 4) is 0 Å². The lowest BCUT2D eigenvalue weighted by Crippen LogP contribution is -2.41. The number of nitrogens with one attached hydrogen (secondary N) is 1. The Hall–Kier alpha value is -1.88. The van der Waals surface area contributed by atoms with Crippen LogP contribution in [0.25, 0.3) is 11.0 Å². The highest BCUT2D eigenvalue weighted by molar-refractivity contribution is 6.31. The number of halogens is 1. The van der Waals surface area contributed by atoms with E-state index in [0.29, 0.717) is 23.5 Å². The van der Waals surface area contributed by atoms with Gasteiger partial charge in [0.15, 0.2) is 0 Å². The van der Waals surface area contributed by atoms with E-state index in [4.69, 9.17) is 11.6 Å². The number of rotatable bonds is 1. The summed E-state index contributed by atoms with van der Waals surface area (Å²) in [7, 11) is 0. The summed E-state index contributed by atoms with van der Waals surface area (Å²) in [4.78, 5) is 27.2. The van der Waals surface area contributed by atoms with Crippen molar-refractivity contribution in [3.05, 3.63) is 29.5 Å². The van der Waals surface area contributed by atoms with Gasteiger partial charge in [0.2, 0.25) is 11.8 Å². The van der Waals surface area contributed by atoms with Gasteiger partial charge in [0.05, 0.1) is 5.02 Å². The first-order valence-corrected chi connectivity index (χ1v) is 5.99. The zero-order valence-electron chi connectivity index (χ0n) is 9.39. The number of nitrogens with zero attached hydrogens (tertiary/aromatic N) is 2. The molecule has 1 saturated heterocycles. The smallest absolute Gasteiger partial charge is 0.249 e. The Kier molecular flexibility index (Phi) is 2.56. The number of amides is 2. The number of carbonyl (C=O) groups excluding carboxylic acids is 2. The van der Waals surface area contributed by atoms with Crippen LogP contribution in [0, 0.1) is 0 Å². The van der Waals surface area contributed by atoms with E-state index in [2.05, 4.69) is 10.3 Å². The molecule has 1 aliphatic heterocycles. The lowest BCUT2D eigenvalue weighted by Gasteiger charge is -2.22. The van der Waals surface area contributed by atoms with Gasteiger partial charge < -0.3 is 4.57 Å². The van der Waals surface area contributed by atoms with Crippen LogP contribution in [0.3, 0.4) is 0 Å². The van der Waals surface area contributed by atoms with Gasteiger partial charge in [-0.1, -0.05) is 11.6 Å². The van der Waals surface area contributed by atoms with Gasteiger partial charge in [-0.3, -0.25) is 14.9 Å². The molecular weight excluding hydrogens is 254 g/mol. The van der Waals surface area contributed by atoms with E-state index in [1.807, 2.05) is 6.07 Å². The fourth-order valence-corrected chi connectivity index (χ4v) is 2.38. The molecule has 3 heterocycles. The number of fused-ring (bicyclic) bond motifs is 1. The van der Waals surface area contributed by atoms with E-state index in [-0.39, 0.29) is 17.9 Å². The van der Waals surface area contributed by atoms with Crippen LogP contribution in [-0.2, 0) is 9.59 Å². The van der Waals surface area contributed by atoms with Crippen LogP contribution in [-0.4, -0.2) is 21.4 Å². The second kappa shape index (κ2) is 4.10. The molecule has 1 fully saturated rings. The molecule has 1 N–H and O–H groups in total. The van der Waals surface area contributed by atoms with E-state index in [0.717, 1.165) is 5.39 Å². The molecule has 0 bridgehead atoms. The van der Waals surface area contributed by atoms with Gasteiger partial charge in [0.1, 0.15) is 11.7 Å². The lowest BCUT2D eigenvalue weighted by molar-refractivity contribution is -0.135. The quantitative estimate of drug-likeness (QED) is 0.796. The van der Waals surface area contributed by atoms with E-state index in [1.165, 1.54) is 0 Å². The van der Waals surface area contributed by atoms with Crippen molar-refractivity contribution in [3.63, 3.8) is 0 Å². The number of imide groups is 1. The molecular formula is C12H10ClN3O2. The van der Waals surface area contributed by atoms with Crippen molar-refractivity contribution < 1.29 is 9.59 Å². The minimum Gasteiger partial charge on any atom is -0.320 e. The second-order valence-electron chi connectivity index (χ2n) is 4.26. The topological polar surface area (TPSA) is 64.0 Å². The van der Waals surface area contributed by atoms with Gasteiger partial charge in [0.25, 0.3) is 0 Å². The highest BCUT2D eigenvalue weighted by atomic mass is 35.5. The van der Waals surface area contributed by atoms with E-state index < -0.39 is 0 Å². The number of hydrogen-bond acceptors (Lipinski definition) is 3. The summed E-state index contributed by atoms with van der Waals surface area (Å²) in [5, 5.41) is 3.78. The van der Waals surface area contributed by atoms with Crippen LogP contribution in [0.15, 0.2) is 24.5 Å². The van der Waals surface area contributed by atoms with Gasteiger partial charge in [0, 0.05) is 24.2 Å². The predicted octanol–water partition coefficient (Wildman–Crippen LogP) is 1.67. The molecule has 5 nitrogen and oxygen atoms in total. The maximum absolute atomic E-state index is 11.8. The van der Waals surface area contributed by atoms with Crippen molar-refractivity contribution in [2.45, 2.75) is 18.9 Å². The van der Waals surface area contributed by atoms with E-state index >= 15 is 0 Å². The SMILES string of the molecule is O=C1CCC(n2ccc3cc(Cl)cnc32)C(=O)N1. The monoisotopic (exact) mass is 263 g/mol. The molecule has 1 aliphatic rings. The molecule has 92 valence electrons. The maximum atomic E-state index is 11.8. The minimum absolute atomic E-state index is 0.219. The molecule has 0 spiro atoms. The Balaban J connectivity index is 2.04. The summed E-state index contributed by atoms with van der Waals surface area (Å²) in [6, 6.07) is 3.28. The van der Waals surface area contributed by atoms with E-state index in [9.17, 15) is 9.59 Å². The van der Waals surface area contributed by atoms with Gasteiger partial charge in [-0.15, -0.1) is 0 Å². The number of piperidine rings is 1. The highest BCUT2D eigenvalue weighted by Gasteiger charge is 2.28. The summed E-state index contributed by atoms with van der Waals surface area (Å²) in [6.07, 6.45) is 4.20. The molecule has 1 unspecified atom stereocenters. The molecule has 0 radical (unpaired) electrons. The first-order chi connectivity index (χ1) is 8.65. The van der Waals surface area contributed by atoms with Gasteiger partial charge in [-0.25, -0.2) is 4.98 Å². The second-order valence-corrected chi connectivity index (χ2v) is 4.69. The summed E-state index contributed by atoms with van der Waals surface area (Å²) in [5.41, 5.74) is 0.703. The minimum atomic E-state index is -0.381. The summed E-state index contributed by atoms with van der Waals surface area (Å²) in [5.74, 6) is -0.496. The third-order valence-electron chi connectivity index (χ3n) is 3.07. The van der Waals surface area contributed by atoms with E-state index in [1.54, 1.807) is 23.0 Å². The van der Waals surface area contributed by atoms with Crippen LogP contribution in [0.4, 0.5) is 0 Å². The zero-order chi connectivity index (χ0) is 12.7. The number of pyridine rings is 1. The molecule has 0 aliphatic carbocycles. The predicted molar refractivity (Wildman–Crippen MR) is 66.2 cm³/mol. The van der Waals surface area contributed by atoms with Gasteiger partial charge in [-0.2, -0.15) is 0 Å². The Labute approximate surface area is 108 Å². The molecule has 0 saturated carbocycles. The third kappa shape index (κ3) is 1.76.